The van der Waals surface area contributed by atoms with Crippen LogP contribution in [0.1, 0.15) is 21.8 Å². The van der Waals surface area contributed by atoms with Crippen LogP contribution in [0.5, 0.6) is 0 Å². The summed E-state index contributed by atoms with van der Waals surface area (Å²) >= 11 is 1.14. The molecule has 0 spiro atoms. The first-order valence-electron chi connectivity index (χ1n) is 4.97. The minimum atomic E-state index is -0.537. The molecule has 1 aromatic carbocycles. The van der Waals surface area contributed by atoms with Gasteiger partial charge >= 0.3 is 0 Å². The van der Waals surface area contributed by atoms with Crippen molar-refractivity contribution in [2.45, 2.75) is 24.0 Å². The van der Waals surface area contributed by atoms with Crippen LogP contribution in [-0.2, 0) is 0 Å². The van der Waals surface area contributed by atoms with Crippen molar-refractivity contribution in [3.8, 4) is 0 Å². The molecule has 0 atom stereocenters. The van der Waals surface area contributed by atoms with Gasteiger partial charge < -0.3 is 4.42 Å². The molecule has 0 aliphatic carbocycles. The fourth-order valence-electron chi connectivity index (χ4n) is 1.30. The molecule has 0 saturated heterocycles. The summed E-state index contributed by atoms with van der Waals surface area (Å²) in [5, 5.41) is 0.411. The number of carbonyl (C=O) groups is 1. The van der Waals surface area contributed by atoms with Gasteiger partial charge in [0.25, 0.3) is 5.22 Å². The van der Waals surface area contributed by atoms with E-state index >= 15 is 0 Å². The number of hydrogen-bond donors (Lipinski definition) is 0. The van der Waals surface area contributed by atoms with Crippen molar-refractivity contribution in [1.82, 2.24) is 4.98 Å². The van der Waals surface area contributed by atoms with Gasteiger partial charge in [-0.05, 0) is 37.7 Å². The van der Waals surface area contributed by atoms with Crippen LogP contribution in [0.25, 0.3) is 0 Å². The van der Waals surface area contributed by atoms with Gasteiger partial charge in [-0.1, -0.05) is 6.07 Å². The number of aryl methyl sites for hydroxylation is 2. The Bertz CT molecular complexity index is 546. The Morgan fingerprint density at radius 3 is 2.76 bits per heavy atom. The lowest BCUT2D eigenvalue weighted by molar-refractivity contribution is 0.111. The highest BCUT2D eigenvalue weighted by Crippen LogP contribution is 2.31. The van der Waals surface area contributed by atoms with E-state index < -0.39 is 5.82 Å². The molecule has 17 heavy (non-hydrogen) atoms. The molecule has 2 rings (SSSR count). The van der Waals surface area contributed by atoms with Crippen molar-refractivity contribution in [3.05, 3.63) is 41.0 Å². The molecule has 0 aliphatic rings. The van der Waals surface area contributed by atoms with Crippen LogP contribution >= 0.6 is 11.8 Å². The lowest BCUT2D eigenvalue weighted by Gasteiger charge is -2.01. The second kappa shape index (κ2) is 4.71. The lowest BCUT2D eigenvalue weighted by atomic mass is 10.2. The van der Waals surface area contributed by atoms with E-state index in [-0.39, 0.29) is 5.56 Å². The highest BCUT2D eigenvalue weighted by molar-refractivity contribution is 7.99. The summed E-state index contributed by atoms with van der Waals surface area (Å²) in [6, 6.07) is 4.46. The predicted octanol–water partition coefficient (Wildman–Crippen LogP) is 3.39. The number of nitrogens with zero attached hydrogens (tertiary/aromatic N) is 1. The monoisotopic (exact) mass is 251 g/mol. The van der Waals surface area contributed by atoms with Gasteiger partial charge in [-0.15, -0.1) is 0 Å². The normalized spacial score (nSPS) is 10.5. The first-order valence-corrected chi connectivity index (χ1v) is 5.79. The van der Waals surface area contributed by atoms with Crippen molar-refractivity contribution >= 4 is 18.0 Å². The summed E-state index contributed by atoms with van der Waals surface area (Å²) in [5.41, 5.74) is 0.822. The van der Waals surface area contributed by atoms with E-state index in [0.717, 1.165) is 23.2 Å². The molecule has 0 unspecified atom stereocenters. The third-order valence-corrected chi connectivity index (χ3v) is 3.26. The van der Waals surface area contributed by atoms with Crippen LogP contribution in [0, 0.1) is 19.7 Å². The van der Waals surface area contributed by atoms with E-state index in [2.05, 4.69) is 4.98 Å². The van der Waals surface area contributed by atoms with Crippen LogP contribution in [0.4, 0.5) is 4.39 Å². The van der Waals surface area contributed by atoms with Crippen molar-refractivity contribution in [2.24, 2.45) is 0 Å². The molecule has 88 valence electrons. The standard InChI is InChI=1S/C12H10FNO2S/c1-7-8(2)16-12(14-7)17-11-5-3-4-10(13)9(11)6-15/h3-6H,1-2H3. The number of rotatable bonds is 3. The molecule has 5 heteroatoms. The summed E-state index contributed by atoms with van der Waals surface area (Å²) in [6.07, 6.45) is 0.500. The summed E-state index contributed by atoms with van der Waals surface area (Å²) in [6.45, 7) is 3.63. The highest BCUT2D eigenvalue weighted by Gasteiger charge is 2.12. The number of aromatic nitrogens is 1. The first kappa shape index (κ1) is 11.9. The summed E-state index contributed by atoms with van der Waals surface area (Å²) in [5.74, 6) is 0.182. The highest BCUT2D eigenvalue weighted by atomic mass is 32.2. The molecule has 0 aliphatic heterocycles. The molecule has 1 heterocycles. The van der Waals surface area contributed by atoms with Crippen molar-refractivity contribution in [3.63, 3.8) is 0 Å². The number of carbonyl (C=O) groups excluding carboxylic acids is 1. The SMILES string of the molecule is Cc1nc(Sc2cccc(F)c2C=O)oc1C. The Balaban J connectivity index is 2.36. The number of hydrogen-bond acceptors (Lipinski definition) is 4. The van der Waals surface area contributed by atoms with Crippen molar-refractivity contribution < 1.29 is 13.6 Å². The number of oxazole rings is 1. The molecule has 0 saturated carbocycles. The summed E-state index contributed by atoms with van der Waals surface area (Å²) < 4.78 is 18.7. The molecule has 0 N–H and O–H groups in total. The van der Waals surface area contributed by atoms with Crippen molar-refractivity contribution in [1.29, 1.82) is 0 Å². The number of halogens is 1. The fraction of sp³-hybridized carbons (Fsp3) is 0.167. The maximum absolute atomic E-state index is 13.3. The maximum atomic E-state index is 13.3. The molecule has 0 radical (unpaired) electrons. The molecule has 0 fully saturated rings. The van der Waals surface area contributed by atoms with Gasteiger partial charge in [0.1, 0.15) is 11.6 Å². The van der Waals surface area contributed by atoms with Crippen LogP contribution in [0.2, 0.25) is 0 Å². The Kier molecular flexibility index (Phi) is 3.28. The summed E-state index contributed by atoms with van der Waals surface area (Å²) in [4.78, 5) is 15.5. The minimum absolute atomic E-state index is 0.0333. The Morgan fingerprint density at radius 2 is 2.18 bits per heavy atom. The minimum Gasteiger partial charge on any atom is -0.436 e. The second-order valence-corrected chi connectivity index (χ2v) is 4.49. The largest absolute Gasteiger partial charge is 0.436 e. The zero-order valence-electron chi connectivity index (χ0n) is 9.36. The molecule has 3 nitrogen and oxygen atoms in total. The summed E-state index contributed by atoms with van der Waals surface area (Å²) in [7, 11) is 0. The zero-order chi connectivity index (χ0) is 12.4. The second-order valence-electron chi connectivity index (χ2n) is 3.49. The van der Waals surface area contributed by atoms with Crippen LogP contribution in [0.15, 0.2) is 32.7 Å². The quantitative estimate of drug-likeness (QED) is 0.784. The lowest BCUT2D eigenvalue weighted by Crippen LogP contribution is -1.90. The van der Waals surface area contributed by atoms with Crippen LogP contribution in [-0.4, -0.2) is 11.3 Å². The third kappa shape index (κ3) is 2.39. The topological polar surface area (TPSA) is 43.1 Å². The predicted molar refractivity (Wildman–Crippen MR) is 61.9 cm³/mol. The zero-order valence-corrected chi connectivity index (χ0v) is 10.2. The maximum Gasteiger partial charge on any atom is 0.261 e. The molecule has 1 aromatic heterocycles. The van der Waals surface area contributed by atoms with Crippen molar-refractivity contribution in [2.75, 3.05) is 0 Å². The van der Waals surface area contributed by atoms with E-state index in [1.807, 2.05) is 6.92 Å². The molecule has 0 bridgehead atoms. The fourth-order valence-corrected chi connectivity index (χ4v) is 2.24. The van der Waals surface area contributed by atoms with E-state index in [0.29, 0.717) is 16.4 Å². The number of aldehydes is 1. The van der Waals surface area contributed by atoms with Gasteiger partial charge in [-0.2, -0.15) is 0 Å². The van der Waals surface area contributed by atoms with Crippen LogP contribution in [0.3, 0.4) is 0 Å². The van der Waals surface area contributed by atoms with Gasteiger partial charge in [0.15, 0.2) is 6.29 Å². The van der Waals surface area contributed by atoms with Gasteiger partial charge in [-0.3, -0.25) is 4.79 Å². The average molecular weight is 251 g/mol. The Morgan fingerprint density at radius 1 is 1.41 bits per heavy atom. The van der Waals surface area contributed by atoms with Gasteiger partial charge in [0, 0.05) is 4.90 Å². The molecule has 2 aromatic rings. The molecular formula is C12H10FNO2S. The van der Waals surface area contributed by atoms with Crippen LogP contribution < -0.4 is 0 Å². The van der Waals surface area contributed by atoms with E-state index in [9.17, 15) is 9.18 Å². The van der Waals surface area contributed by atoms with Gasteiger partial charge in [0.2, 0.25) is 0 Å². The van der Waals surface area contributed by atoms with E-state index in [1.165, 1.54) is 6.07 Å². The Hall–Kier alpha value is -1.62. The van der Waals surface area contributed by atoms with E-state index in [1.54, 1.807) is 19.1 Å². The van der Waals surface area contributed by atoms with Gasteiger partial charge in [-0.25, -0.2) is 9.37 Å². The third-order valence-electron chi connectivity index (χ3n) is 2.34. The first-order chi connectivity index (χ1) is 8.11. The van der Waals surface area contributed by atoms with E-state index in [4.69, 9.17) is 4.42 Å². The Labute approximate surface area is 102 Å². The smallest absolute Gasteiger partial charge is 0.261 e. The molecular weight excluding hydrogens is 241 g/mol. The van der Waals surface area contributed by atoms with Gasteiger partial charge in [0.05, 0.1) is 11.3 Å². The average Bonchev–Trinajstić information content (AvgIpc) is 2.58. The number of benzene rings is 1. The molecule has 0 amide bonds.